The molecule has 0 saturated heterocycles. The summed E-state index contributed by atoms with van der Waals surface area (Å²) in [7, 11) is 0. The molecule has 1 heterocycles. The Balaban J connectivity index is 1.30. The van der Waals surface area contributed by atoms with Crippen LogP contribution in [0.1, 0.15) is 51.5 Å². The summed E-state index contributed by atoms with van der Waals surface area (Å²) < 4.78 is 0. The monoisotopic (exact) mass is 634 g/mol. The van der Waals surface area contributed by atoms with Crippen LogP contribution in [0.2, 0.25) is 0 Å². The number of benzene rings is 5. The van der Waals surface area contributed by atoms with Gasteiger partial charge in [-0.05, 0) is 118 Å². The van der Waals surface area contributed by atoms with Crippen molar-refractivity contribution in [3.63, 3.8) is 0 Å². The van der Waals surface area contributed by atoms with Gasteiger partial charge in [0.1, 0.15) is 5.66 Å². The van der Waals surface area contributed by atoms with Gasteiger partial charge in [-0.2, -0.15) is 0 Å². The number of allylic oxidation sites excluding steroid dienone is 5. The Morgan fingerprint density at radius 1 is 0.918 bits per heavy atom. The van der Waals surface area contributed by atoms with Crippen molar-refractivity contribution in [2.24, 2.45) is 5.92 Å². The summed E-state index contributed by atoms with van der Waals surface area (Å²) in [5, 5.41) is 11.9. The molecular formula is C47H42N2. The van der Waals surface area contributed by atoms with Crippen LogP contribution in [0.5, 0.6) is 0 Å². The quantitative estimate of drug-likeness (QED) is 0.148. The van der Waals surface area contributed by atoms with E-state index in [0.717, 1.165) is 36.2 Å². The fourth-order valence-electron chi connectivity index (χ4n) is 8.51. The van der Waals surface area contributed by atoms with Crippen molar-refractivity contribution >= 4 is 45.1 Å². The zero-order valence-electron chi connectivity index (χ0n) is 28.6. The van der Waals surface area contributed by atoms with E-state index >= 15 is 0 Å². The lowest BCUT2D eigenvalue weighted by Crippen LogP contribution is -2.49. The van der Waals surface area contributed by atoms with Gasteiger partial charge >= 0.3 is 0 Å². The molecule has 3 atom stereocenters. The molecule has 0 fully saturated rings. The van der Waals surface area contributed by atoms with Gasteiger partial charge in [-0.25, -0.2) is 0 Å². The number of nitrogens with one attached hydrogen (secondary N) is 1. The van der Waals surface area contributed by atoms with E-state index in [4.69, 9.17) is 6.42 Å². The van der Waals surface area contributed by atoms with Crippen LogP contribution >= 0.6 is 0 Å². The number of terminal acetylenes is 1. The SMILES string of the molecule is C#C/C=C(\C=C/C)C1(C)Nc2ccccc2N1C1=CC(CC)C(c2c3c(c(-c4ccc5ccccc5c4)c4ccccc24)=CCCC=3)C=C1. The molecule has 0 radical (unpaired) electrons. The molecule has 3 unspecified atom stereocenters. The standard InChI is InChI=1S/C47H42N2/c1-5-16-36(17-6-2)47(4)48-43-24-14-15-25-44(43)49(47)37-28-29-38(32(7-3)31-37)46-41-22-12-10-20-39(41)45(40-21-11-13-23-42(40)46)35-27-26-33-18-8-9-19-34(33)30-35/h1,6,8-10,12,14-32,38,48H,7,11,13H2,2-4H3/b17-6-,36-16+. The third kappa shape index (κ3) is 5.04. The zero-order chi connectivity index (χ0) is 33.5. The number of rotatable bonds is 6. The van der Waals surface area contributed by atoms with Crippen molar-refractivity contribution < 1.29 is 0 Å². The molecule has 240 valence electrons. The Bertz CT molecular complexity index is 2410. The number of anilines is 2. The van der Waals surface area contributed by atoms with Crippen LogP contribution in [-0.4, -0.2) is 5.66 Å². The van der Waals surface area contributed by atoms with Crippen molar-refractivity contribution in [2.75, 3.05) is 10.2 Å². The molecule has 2 heteroatoms. The molecule has 8 rings (SSSR count). The van der Waals surface area contributed by atoms with Gasteiger partial charge in [0.15, 0.2) is 0 Å². The highest BCUT2D eigenvalue weighted by molar-refractivity contribution is 6.02. The fourth-order valence-corrected chi connectivity index (χ4v) is 8.51. The molecule has 0 spiro atoms. The molecule has 0 saturated carbocycles. The van der Waals surface area contributed by atoms with E-state index in [1.807, 2.05) is 13.0 Å². The second-order valence-electron chi connectivity index (χ2n) is 13.6. The average Bonchev–Trinajstić information content (AvgIpc) is 3.46. The molecule has 0 amide bonds. The van der Waals surface area contributed by atoms with Crippen LogP contribution in [0.4, 0.5) is 11.4 Å². The van der Waals surface area contributed by atoms with E-state index in [1.165, 1.54) is 54.4 Å². The number of nitrogens with zero attached hydrogens (tertiary/aromatic N) is 1. The minimum absolute atomic E-state index is 0.245. The second-order valence-corrected chi connectivity index (χ2v) is 13.6. The highest BCUT2D eigenvalue weighted by Crippen LogP contribution is 2.48. The van der Waals surface area contributed by atoms with Gasteiger partial charge in [0, 0.05) is 17.2 Å². The summed E-state index contributed by atoms with van der Waals surface area (Å²) >= 11 is 0. The first-order chi connectivity index (χ1) is 24.1. The Labute approximate surface area is 290 Å². The molecule has 1 aliphatic heterocycles. The summed E-state index contributed by atoms with van der Waals surface area (Å²) in [6.45, 7) is 6.61. The molecule has 0 aromatic heterocycles. The fraction of sp³-hybridized carbons (Fsp3) is 0.191. The lowest BCUT2D eigenvalue weighted by Gasteiger charge is -2.41. The van der Waals surface area contributed by atoms with E-state index in [1.54, 1.807) is 0 Å². The van der Waals surface area contributed by atoms with Gasteiger partial charge in [0.25, 0.3) is 0 Å². The van der Waals surface area contributed by atoms with E-state index in [9.17, 15) is 0 Å². The Morgan fingerprint density at radius 3 is 2.45 bits per heavy atom. The Kier molecular flexibility index (Phi) is 7.85. The minimum Gasteiger partial charge on any atom is -0.357 e. The van der Waals surface area contributed by atoms with Gasteiger partial charge in [0.05, 0.1) is 11.4 Å². The van der Waals surface area contributed by atoms with Crippen LogP contribution in [0.15, 0.2) is 139 Å². The van der Waals surface area contributed by atoms with E-state index in [-0.39, 0.29) is 5.92 Å². The van der Waals surface area contributed by atoms with Crippen molar-refractivity contribution in [1.29, 1.82) is 0 Å². The number of para-hydroxylation sites is 2. The second kappa shape index (κ2) is 12.5. The Hall–Kier alpha value is -5.52. The highest BCUT2D eigenvalue weighted by Gasteiger charge is 2.43. The molecule has 5 aromatic carbocycles. The normalized spacial score (nSPS) is 21.5. The van der Waals surface area contributed by atoms with Crippen LogP contribution in [0.3, 0.4) is 0 Å². The number of hydrogen-bond acceptors (Lipinski definition) is 2. The first-order valence-corrected chi connectivity index (χ1v) is 17.7. The summed E-state index contributed by atoms with van der Waals surface area (Å²) in [4.78, 5) is 2.44. The predicted octanol–water partition coefficient (Wildman–Crippen LogP) is 10.4. The Morgan fingerprint density at radius 2 is 1.65 bits per heavy atom. The van der Waals surface area contributed by atoms with Gasteiger partial charge in [-0.3, -0.25) is 0 Å². The summed E-state index contributed by atoms with van der Waals surface area (Å²) in [5.41, 5.74) is 8.06. The first kappa shape index (κ1) is 30.8. The van der Waals surface area contributed by atoms with E-state index in [0.29, 0.717) is 5.92 Å². The predicted molar refractivity (Wildman–Crippen MR) is 211 cm³/mol. The molecule has 2 nitrogen and oxygen atoms in total. The van der Waals surface area contributed by atoms with Gasteiger partial charge in [0.2, 0.25) is 0 Å². The highest BCUT2D eigenvalue weighted by atomic mass is 15.4. The first-order valence-electron chi connectivity index (χ1n) is 17.7. The largest absolute Gasteiger partial charge is 0.357 e. The molecule has 49 heavy (non-hydrogen) atoms. The molecule has 1 N–H and O–H groups in total. The lowest BCUT2D eigenvalue weighted by atomic mass is 9.76. The molecule has 5 aromatic rings. The van der Waals surface area contributed by atoms with E-state index < -0.39 is 5.66 Å². The van der Waals surface area contributed by atoms with Crippen molar-refractivity contribution in [3.8, 4) is 23.5 Å². The summed E-state index contributed by atoms with van der Waals surface area (Å²) in [6.07, 6.45) is 27.5. The lowest BCUT2D eigenvalue weighted by molar-refractivity contribution is 0.544. The maximum absolute atomic E-state index is 5.87. The molecule has 2 aliphatic carbocycles. The zero-order valence-corrected chi connectivity index (χ0v) is 28.6. The van der Waals surface area contributed by atoms with Gasteiger partial charge in [-0.1, -0.05) is 122 Å². The minimum atomic E-state index is -0.542. The van der Waals surface area contributed by atoms with Gasteiger partial charge in [-0.15, -0.1) is 6.42 Å². The topological polar surface area (TPSA) is 15.3 Å². The van der Waals surface area contributed by atoms with Crippen LogP contribution in [0, 0.1) is 18.3 Å². The van der Waals surface area contributed by atoms with Crippen molar-refractivity contribution in [3.05, 3.63) is 155 Å². The number of fused-ring (bicyclic) bond motifs is 4. The van der Waals surface area contributed by atoms with Crippen LogP contribution in [-0.2, 0) is 0 Å². The maximum atomic E-state index is 5.87. The maximum Gasteiger partial charge on any atom is 0.139 e. The molecule has 0 bridgehead atoms. The van der Waals surface area contributed by atoms with E-state index in [2.05, 4.69) is 164 Å². The third-order valence-electron chi connectivity index (χ3n) is 10.7. The van der Waals surface area contributed by atoms with Crippen LogP contribution in [0.25, 0.3) is 44.8 Å². The molecule has 3 aliphatic rings. The van der Waals surface area contributed by atoms with Crippen molar-refractivity contribution in [2.45, 2.75) is 51.6 Å². The average molecular weight is 635 g/mol. The van der Waals surface area contributed by atoms with Gasteiger partial charge < -0.3 is 10.2 Å². The van der Waals surface area contributed by atoms with Crippen molar-refractivity contribution in [1.82, 2.24) is 0 Å². The summed E-state index contributed by atoms with van der Waals surface area (Å²) in [5.74, 6) is 3.36. The smallest absolute Gasteiger partial charge is 0.139 e. The van der Waals surface area contributed by atoms with Crippen LogP contribution < -0.4 is 20.7 Å². The third-order valence-corrected chi connectivity index (χ3v) is 10.7. The molecular weight excluding hydrogens is 593 g/mol. The summed E-state index contributed by atoms with van der Waals surface area (Å²) in [6, 6.07) is 33.3. The number of hydrogen-bond donors (Lipinski definition) is 1.